The number of anilines is 1. The van der Waals surface area contributed by atoms with Crippen LogP contribution in [0.2, 0.25) is 0 Å². The number of piperazine rings is 1. The summed E-state index contributed by atoms with van der Waals surface area (Å²) < 4.78 is 0. The Balaban J connectivity index is 1.98. The first-order valence-electron chi connectivity index (χ1n) is 7.37. The molecule has 1 aliphatic rings. The highest BCUT2D eigenvalue weighted by Crippen LogP contribution is 2.16. The molecule has 2 heterocycles. The Labute approximate surface area is 121 Å². The van der Waals surface area contributed by atoms with E-state index in [2.05, 4.69) is 34.1 Å². The molecule has 1 N–H and O–H groups in total. The highest BCUT2D eigenvalue weighted by atomic mass is 16.1. The van der Waals surface area contributed by atoms with Crippen LogP contribution in [0.15, 0.2) is 18.5 Å². The monoisotopic (exact) mass is 276 g/mol. The number of pyridine rings is 1. The number of hydrogen-bond donors (Lipinski definition) is 1. The largest absolute Gasteiger partial charge is 0.368 e. The molecule has 0 unspecified atom stereocenters. The summed E-state index contributed by atoms with van der Waals surface area (Å²) >= 11 is 0. The molecular formula is C15H24N4O. The van der Waals surface area contributed by atoms with E-state index in [9.17, 15) is 4.79 Å². The fourth-order valence-corrected chi connectivity index (χ4v) is 2.27. The van der Waals surface area contributed by atoms with Gasteiger partial charge in [0.05, 0.1) is 17.4 Å². The maximum atomic E-state index is 12.0. The van der Waals surface area contributed by atoms with E-state index >= 15 is 0 Å². The lowest BCUT2D eigenvalue weighted by molar-refractivity contribution is 0.0953. The standard InChI is InChI=1S/C15H24N4O/c1-3-4-5-17-15(20)13-10-14(12-16-11-13)19-8-6-18(2)7-9-19/h10-12H,3-9H2,1-2H3,(H,17,20). The third-order valence-corrected chi connectivity index (χ3v) is 3.67. The van der Waals surface area contributed by atoms with Gasteiger partial charge in [-0.15, -0.1) is 0 Å². The van der Waals surface area contributed by atoms with Crippen molar-refractivity contribution in [3.63, 3.8) is 0 Å². The number of amides is 1. The Bertz CT molecular complexity index is 441. The molecule has 1 aromatic heterocycles. The zero-order valence-electron chi connectivity index (χ0n) is 12.4. The van der Waals surface area contributed by atoms with Gasteiger partial charge in [0, 0.05) is 38.9 Å². The molecule has 20 heavy (non-hydrogen) atoms. The highest BCUT2D eigenvalue weighted by molar-refractivity contribution is 5.94. The first-order valence-corrected chi connectivity index (χ1v) is 7.37. The van der Waals surface area contributed by atoms with Gasteiger partial charge in [-0.05, 0) is 19.5 Å². The fourth-order valence-electron chi connectivity index (χ4n) is 2.27. The van der Waals surface area contributed by atoms with Crippen LogP contribution in [0.1, 0.15) is 30.1 Å². The summed E-state index contributed by atoms with van der Waals surface area (Å²) in [6.07, 6.45) is 5.58. The van der Waals surface area contributed by atoms with Crippen LogP contribution in [0.3, 0.4) is 0 Å². The number of rotatable bonds is 5. The first kappa shape index (κ1) is 14.8. The summed E-state index contributed by atoms with van der Waals surface area (Å²) in [5, 5.41) is 2.93. The Hall–Kier alpha value is -1.62. The van der Waals surface area contributed by atoms with Crippen molar-refractivity contribution in [1.29, 1.82) is 0 Å². The van der Waals surface area contributed by atoms with Crippen molar-refractivity contribution in [2.75, 3.05) is 44.7 Å². The van der Waals surface area contributed by atoms with Crippen molar-refractivity contribution in [2.45, 2.75) is 19.8 Å². The lowest BCUT2D eigenvalue weighted by Gasteiger charge is -2.33. The topological polar surface area (TPSA) is 48.5 Å². The average Bonchev–Trinajstić information content (AvgIpc) is 2.48. The van der Waals surface area contributed by atoms with Gasteiger partial charge in [0.25, 0.3) is 5.91 Å². The highest BCUT2D eigenvalue weighted by Gasteiger charge is 2.15. The molecule has 1 fully saturated rings. The van der Waals surface area contributed by atoms with Crippen LogP contribution in [-0.2, 0) is 0 Å². The first-order chi connectivity index (χ1) is 9.70. The van der Waals surface area contributed by atoms with Crippen LogP contribution >= 0.6 is 0 Å². The van der Waals surface area contributed by atoms with Gasteiger partial charge < -0.3 is 15.1 Å². The van der Waals surface area contributed by atoms with Crippen LogP contribution < -0.4 is 10.2 Å². The van der Waals surface area contributed by atoms with Crippen LogP contribution in [0, 0.1) is 0 Å². The van der Waals surface area contributed by atoms with Crippen molar-refractivity contribution in [1.82, 2.24) is 15.2 Å². The zero-order chi connectivity index (χ0) is 14.4. The quantitative estimate of drug-likeness (QED) is 0.825. The van der Waals surface area contributed by atoms with Gasteiger partial charge in [0.15, 0.2) is 0 Å². The van der Waals surface area contributed by atoms with E-state index in [-0.39, 0.29) is 5.91 Å². The molecule has 110 valence electrons. The minimum Gasteiger partial charge on any atom is -0.368 e. The van der Waals surface area contributed by atoms with Gasteiger partial charge in [-0.3, -0.25) is 9.78 Å². The number of nitrogens with one attached hydrogen (secondary N) is 1. The molecule has 0 saturated carbocycles. The van der Waals surface area contributed by atoms with Gasteiger partial charge >= 0.3 is 0 Å². The number of carbonyl (C=O) groups excluding carboxylic acids is 1. The summed E-state index contributed by atoms with van der Waals surface area (Å²) in [7, 11) is 2.13. The zero-order valence-corrected chi connectivity index (χ0v) is 12.4. The molecule has 0 aliphatic carbocycles. The Kier molecular flexibility index (Phi) is 5.35. The van der Waals surface area contributed by atoms with E-state index < -0.39 is 0 Å². The predicted molar refractivity (Wildman–Crippen MR) is 81.2 cm³/mol. The molecule has 0 radical (unpaired) electrons. The van der Waals surface area contributed by atoms with E-state index in [0.29, 0.717) is 5.56 Å². The van der Waals surface area contributed by atoms with E-state index in [1.807, 2.05) is 12.3 Å². The van der Waals surface area contributed by atoms with Crippen LogP contribution in [0.25, 0.3) is 0 Å². The van der Waals surface area contributed by atoms with E-state index in [1.165, 1.54) is 0 Å². The van der Waals surface area contributed by atoms with Crippen LogP contribution in [-0.4, -0.2) is 55.6 Å². The van der Waals surface area contributed by atoms with Crippen molar-refractivity contribution in [3.8, 4) is 0 Å². The lowest BCUT2D eigenvalue weighted by atomic mass is 10.2. The fraction of sp³-hybridized carbons (Fsp3) is 0.600. The lowest BCUT2D eigenvalue weighted by Crippen LogP contribution is -2.44. The van der Waals surface area contributed by atoms with Crippen molar-refractivity contribution in [2.24, 2.45) is 0 Å². The molecule has 5 heteroatoms. The summed E-state index contributed by atoms with van der Waals surface area (Å²) in [6.45, 7) is 6.91. The molecule has 1 aliphatic heterocycles. The van der Waals surface area contributed by atoms with Gasteiger partial charge in [-0.25, -0.2) is 0 Å². The molecule has 1 saturated heterocycles. The van der Waals surface area contributed by atoms with Crippen molar-refractivity contribution >= 4 is 11.6 Å². The minimum absolute atomic E-state index is 0.0260. The van der Waals surface area contributed by atoms with Crippen LogP contribution in [0.4, 0.5) is 5.69 Å². The Morgan fingerprint density at radius 3 is 2.75 bits per heavy atom. The van der Waals surface area contributed by atoms with Crippen molar-refractivity contribution in [3.05, 3.63) is 24.0 Å². The van der Waals surface area contributed by atoms with Gasteiger partial charge in [-0.2, -0.15) is 0 Å². The number of hydrogen-bond acceptors (Lipinski definition) is 4. The van der Waals surface area contributed by atoms with Gasteiger partial charge in [0.1, 0.15) is 0 Å². The third kappa shape index (κ3) is 3.93. The average molecular weight is 276 g/mol. The summed E-state index contributed by atoms with van der Waals surface area (Å²) in [6, 6.07) is 1.94. The Morgan fingerprint density at radius 2 is 2.05 bits per heavy atom. The molecule has 0 aromatic carbocycles. The number of nitrogens with zero attached hydrogens (tertiary/aromatic N) is 3. The predicted octanol–water partition coefficient (Wildman–Crippen LogP) is 1.36. The second kappa shape index (κ2) is 7.24. The maximum Gasteiger partial charge on any atom is 0.252 e. The number of likely N-dealkylation sites (N-methyl/N-ethyl adjacent to an activating group) is 1. The number of carbonyl (C=O) groups is 1. The SMILES string of the molecule is CCCCNC(=O)c1cncc(N2CCN(C)CC2)c1. The summed E-state index contributed by atoms with van der Waals surface area (Å²) in [4.78, 5) is 20.8. The van der Waals surface area contributed by atoms with E-state index in [4.69, 9.17) is 0 Å². The minimum atomic E-state index is -0.0260. The van der Waals surface area contributed by atoms with Gasteiger partial charge in [-0.1, -0.05) is 13.3 Å². The molecule has 0 atom stereocenters. The van der Waals surface area contributed by atoms with E-state index in [1.54, 1.807) is 6.20 Å². The second-order valence-corrected chi connectivity index (χ2v) is 5.33. The molecule has 0 spiro atoms. The molecule has 5 nitrogen and oxygen atoms in total. The molecule has 0 bridgehead atoms. The molecule has 1 aromatic rings. The molecule has 1 amide bonds. The second-order valence-electron chi connectivity index (χ2n) is 5.33. The smallest absolute Gasteiger partial charge is 0.252 e. The Morgan fingerprint density at radius 1 is 1.30 bits per heavy atom. The third-order valence-electron chi connectivity index (χ3n) is 3.67. The van der Waals surface area contributed by atoms with Crippen LogP contribution in [0.5, 0.6) is 0 Å². The molecule has 2 rings (SSSR count). The summed E-state index contributed by atoms with van der Waals surface area (Å²) in [5.74, 6) is -0.0260. The summed E-state index contributed by atoms with van der Waals surface area (Å²) in [5.41, 5.74) is 1.69. The number of aromatic nitrogens is 1. The normalized spacial score (nSPS) is 16.2. The maximum absolute atomic E-state index is 12.0. The van der Waals surface area contributed by atoms with Crippen molar-refractivity contribution < 1.29 is 4.79 Å². The van der Waals surface area contributed by atoms with Gasteiger partial charge in [0.2, 0.25) is 0 Å². The van der Waals surface area contributed by atoms with E-state index in [0.717, 1.165) is 51.3 Å². The number of unbranched alkanes of at least 4 members (excludes halogenated alkanes) is 1. The molecular weight excluding hydrogens is 252 g/mol.